The predicted molar refractivity (Wildman–Crippen MR) is 90.7 cm³/mol. The van der Waals surface area contributed by atoms with E-state index < -0.39 is 0 Å². The molecule has 3 heteroatoms. The van der Waals surface area contributed by atoms with Crippen LogP contribution in [-0.2, 0) is 6.42 Å². The quantitative estimate of drug-likeness (QED) is 0.844. The molecule has 0 saturated carbocycles. The number of hydrogen-bond acceptors (Lipinski definition) is 3. The van der Waals surface area contributed by atoms with Gasteiger partial charge >= 0.3 is 0 Å². The maximum atomic E-state index is 4.46. The summed E-state index contributed by atoms with van der Waals surface area (Å²) in [5.74, 6) is 0.814. The van der Waals surface area contributed by atoms with Gasteiger partial charge in [-0.05, 0) is 50.4 Å². The molecular formula is C19H25N3. The average molecular weight is 295 g/mol. The van der Waals surface area contributed by atoms with E-state index in [0.29, 0.717) is 6.04 Å². The van der Waals surface area contributed by atoms with Crippen molar-refractivity contribution < 1.29 is 0 Å². The minimum atomic E-state index is 0.498. The van der Waals surface area contributed by atoms with Crippen molar-refractivity contribution in [2.24, 2.45) is 0 Å². The highest BCUT2D eigenvalue weighted by atomic mass is 15.2. The summed E-state index contributed by atoms with van der Waals surface area (Å²) in [5, 5.41) is 0. The zero-order valence-electron chi connectivity index (χ0n) is 13.6. The number of aromatic nitrogens is 2. The van der Waals surface area contributed by atoms with E-state index >= 15 is 0 Å². The van der Waals surface area contributed by atoms with Crippen LogP contribution in [0.3, 0.4) is 0 Å². The number of nitrogens with zero attached hydrogens (tertiary/aromatic N) is 3. The van der Waals surface area contributed by atoms with Crippen LogP contribution in [0.25, 0.3) is 11.4 Å². The first-order chi connectivity index (χ1) is 10.8. The lowest BCUT2D eigenvalue weighted by Crippen LogP contribution is -2.32. The van der Waals surface area contributed by atoms with E-state index in [1.165, 1.54) is 43.5 Å². The van der Waals surface area contributed by atoms with Gasteiger partial charge in [0.05, 0.1) is 0 Å². The predicted octanol–water partition coefficient (Wildman–Crippen LogP) is 4.25. The Kier molecular flexibility index (Phi) is 4.84. The van der Waals surface area contributed by atoms with E-state index in [1.807, 2.05) is 12.4 Å². The van der Waals surface area contributed by atoms with Crippen LogP contribution in [0, 0.1) is 0 Å². The third kappa shape index (κ3) is 3.36. The van der Waals surface area contributed by atoms with E-state index in [0.717, 1.165) is 17.8 Å². The Bertz CT molecular complexity index is 583. The standard InChI is InChI=1S/C19H25N3/c1-3-16-13-20-19(21-14-16)18-9-7-17(8-10-18)15(2)22-11-5-4-6-12-22/h7-10,13-15H,3-6,11-12H2,1-2H3. The van der Waals surface area contributed by atoms with Crippen molar-refractivity contribution in [1.29, 1.82) is 0 Å². The van der Waals surface area contributed by atoms with Gasteiger partial charge in [0.15, 0.2) is 5.82 Å². The van der Waals surface area contributed by atoms with E-state index in [1.54, 1.807) is 0 Å². The van der Waals surface area contributed by atoms with Crippen molar-refractivity contribution in [1.82, 2.24) is 14.9 Å². The Balaban J connectivity index is 1.73. The lowest BCUT2D eigenvalue weighted by Gasteiger charge is -2.32. The van der Waals surface area contributed by atoms with E-state index in [2.05, 4.69) is 53.0 Å². The summed E-state index contributed by atoms with van der Waals surface area (Å²) in [6.07, 6.45) is 8.87. The molecule has 1 aromatic heterocycles. The maximum Gasteiger partial charge on any atom is 0.159 e. The second-order valence-corrected chi connectivity index (χ2v) is 6.16. The van der Waals surface area contributed by atoms with Gasteiger partial charge in [-0.15, -0.1) is 0 Å². The molecule has 1 fully saturated rings. The van der Waals surface area contributed by atoms with Crippen molar-refractivity contribution in [2.75, 3.05) is 13.1 Å². The molecule has 0 N–H and O–H groups in total. The van der Waals surface area contributed by atoms with Gasteiger partial charge in [0.1, 0.15) is 0 Å². The van der Waals surface area contributed by atoms with Crippen molar-refractivity contribution >= 4 is 0 Å². The molecule has 1 aromatic carbocycles. The SMILES string of the molecule is CCc1cnc(-c2ccc(C(C)N3CCCCC3)cc2)nc1. The van der Waals surface area contributed by atoms with Crippen LogP contribution in [0.15, 0.2) is 36.7 Å². The molecule has 1 aliphatic heterocycles. The summed E-state index contributed by atoms with van der Waals surface area (Å²) in [7, 11) is 0. The van der Waals surface area contributed by atoms with Crippen LogP contribution in [0.1, 0.15) is 50.3 Å². The van der Waals surface area contributed by atoms with Crippen LogP contribution in [0.4, 0.5) is 0 Å². The first-order valence-corrected chi connectivity index (χ1v) is 8.43. The summed E-state index contributed by atoms with van der Waals surface area (Å²) in [4.78, 5) is 11.5. The zero-order valence-corrected chi connectivity index (χ0v) is 13.6. The summed E-state index contributed by atoms with van der Waals surface area (Å²) >= 11 is 0. The minimum absolute atomic E-state index is 0.498. The molecule has 2 aromatic rings. The lowest BCUT2D eigenvalue weighted by molar-refractivity contribution is 0.175. The van der Waals surface area contributed by atoms with Gasteiger partial charge in [-0.1, -0.05) is 37.6 Å². The number of piperidine rings is 1. The molecule has 0 spiro atoms. The monoisotopic (exact) mass is 295 g/mol. The molecule has 22 heavy (non-hydrogen) atoms. The van der Waals surface area contributed by atoms with Gasteiger partial charge in [-0.25, -0.2) is 9.97 Å². The van der Waals surface area contributed by atoms with Crippen molar-refractivity contribution in [3.05, 3.63) is 47.8 Å². The molecule has 3 rings (SSSR count). The topological polar surface area (TPSA) is 29.0 Å². The van der Waals surface area contributed by atoms with Crippen molar-refractivity contribution in [3.63, 3.8) is 0 Å². The Morgan fingerprint density at radius 3 is 2.23 bits per heavy atom. The smallest absolute Gasteiger partial charge is 0.159 e. The van der Waals surface area contributed by atoms with Gasteiger partial charge in [0.25, 0.3) is 0 Å². The van der Waals surface area contributed by atoms with Crippen molar-refractivity contribution in [3.8, 4) is 11.4 Å². The fraction of sp³-hybridized carbons (Fsp3) is 0.474. The van der Waals surface area contributed by atoms with E-state index in [4.69, 9.17) is 0 Å². The Morgan fingerprint density at radius 2 is 1.64 bits per heavy atom. The first kappa shape index (κ1) is 15.2. The molecule has 1 saturated heterocycles. The van der Waals surface area contributed by atoms with Gasteiger partial charge in [0.2, 0.25) is 0 Å². The maximum absolute atomic E-state index is 4.46. The van der Waals surface area contributed by atoms with Crippen LogP contribution >= 0.6 is 0 Å². The first-order valence-electron chi connectivity index (χ1n) is 8.43. The third-order valence-corrected chi connectivity index (χ3v) is 4.70. The second-order valence-electron chi connectivity index (χ2n) is 6.16. The van der Waals surface area contributed by atoms with Crippen LogP contribution in [-0.4, -0.2) is 28.0 Å². The highest BCUT2D eigenvalue weighted by molar-refractivity contribution is 5.55. The lowest BCUT2D eigenvalue weighted by atomic mass is 10.0. The van der Waals surface area contributed by atoms with Crippen LogP contribution < -0.4 is 0 Å². The highest BCUT2D eigenvalue weighted by Crippen LogP contribution is 2.25. The molecule has 0 amide bonds. The van der Waals surface area contributed by atoms with Gasteiger partial charge < -0.3 is 0 Å². The second kappa shape index (κ2) is 7.01. The number of likely N-dealkylation sites (tertiary alicyclic amines) is 1. The molecule has 116 valence electrons. The summed E-state index contributed by atoms with van der Waals surface area (Å²) in [6, 6.07) is 9.25. The van der Waals surface area contributed by atoms with Gasteiger partial charge in [-0.3, -0.25) is 4.90 Å². The van der Waals surface area contributed by atoms with Crippen LogP contribution in [0.5, 0.6) is 0 Å². The summed E-state index contributed by atoms with van der Waals surface area (Å²) in [5.41, 5.74) is 3.66. The van der Waals surface area contributed by atoms with Crippen molar-refractivity contribution in [2.45, 2.75) is 45.6 Å². The Hall–Kier alpha value is -1.74. The molecule has 2 heterocycles. The highest BCUT2D eigenvalue weighted by Gasteiger charge is 2.18. The number of benzene rings is 1. The molecule has 0 radical (unpaired) electrons. The minimum Gasteiger partial charge on any atom is -0.297 e. The molecule has 0 aliphatic carbocycles. The average Bonchev–Trinajstić information content (AvgIpc) is 2.62. The molecule has 1 atom stereocenters. The molecule has 1 aliphatic rings. The Labute approximate surface area is 133 Å². The van der Waals surface area contributed by atoms with E-state index in [9.17, 15) is 0 Å². The summed E-state index contributed by atoms with van der Waals surface area (Å²) < 4.78 is 0. The fourth-order valence-corrected chi connectivity index (χ4v) is 3.11. The zero-order chi connectivity index (χ0) is 15.4. The third-order valence-electron chi connectivity index (χ3n) is 4.70. The molecule has 1 unspecified atom stereocenters. The summed E-state index contributed by atoms with van der Waals surface area (Å²) in [6.45, 7) is 6.89. The van der Waals surface area contributed by atoms with Crippen LogP contribution in [0.2, 0.25) is 0 Å². The van der Waals surface area contributed by atoms with Gasteiger partial charge in [0, 0.05) is 24.0 Å². The number of rotatable bonds is 4. The molecule has 0 bridgehead atoms. The fourth-order valence-electron chi connectivity index (χ4n) is 3.11. The molecule has 3 nitrogen and oxygen atoms in total. The number of aryl methyl sites for hydroxylation is 1. The van der Waals surface area contributed by atoms with E-state index in [-0.39, 0.29) is 0 Å². The normalized spacial score (nSPS) is 17.4. The number of hydrogen-bond donors (Lipinski definition) is 0. The molecular weight excluding hydrogens is 270 g/mol. The largest absolute Gasteiger partial charge is 0.297 e. The Morgan fingerprint density at radius 1 is 1.00 bits per heavy atom. The van der Waals surface area contributed by atoms with Gasteiger partial charge in [-0.2, -0.15) is 0 Å².